The molecule has 0 atom stereocenters. The molecular formula is C18H20BrN3O5. The first-order valence-corrected chi connectivity index (χ1v) is 9.54. The van der Waals surface area contributed by atoms with Crippen LogP contribution in [0.15, 0.2) is 28.7 Å². The summed E-state index contributed by atoms with van der Waals surface area (Å²) < 4.78 is 5.73. The van der Waals surface area contributed by atoms with Gasteiger partial charge in [-0.1, -0.05) is 34.8 Å². The summed E-state index contributed by atoms with van der Waals surface area (Å²) in [6, 6.07) is 6.54. The Balaban J connectivity index is 1.42. The molecule has 0 radical (unpaired) electrons. The van der Waals surface area contributed by atoms with E-state index in [1.807, 2.05) is 6.07 Å². The van der Waals surface area contributed by atoms with Crippen molar-refractivity contribution in [3.05, 3.63) is 28.7 Å². The third-order valence-corrected chi connectivity index (χ3v) is 5.21. The van der Waals surface area contributed by atoms with Crippen molar-refractivity contribution < 1.29 is 23.9 Å². The number of hydrogen-bond donors (Lipinski definition) is 2. The van der Waals surface area contributed by atoms with Gasteiger partial charge in [0.15, 0.2) is 6.61 Å². The van der Waals surface area contributed by atoms with E-state index < -0.39 is 30.1 Å². The SMILES string of the molecule is O=C(COC(=O)CCN1C(=O)NC2(CCCC2)C1=O)Nc1cccc(Br)c1. The number of imide groups is 1. The van der Waals surface area contributed by atoms with Crippen LogP contribution in [-0.2, 0) is 19.1 Å². The fraction of sp³-hybridized carbons (Fsp3) is 0.444. The molecule has 0 bridgehead atoms. The Kier molecular flexibility index (Phi) is 5.79. The summed E-state index contributed by atoms with van der Waals surface area (Å²) >= 11 is 3.30. The molecule has 0 unspecified atom stereocenters. The Morgan fingerprint density at radius 2 is 2.00 bits per heavy atom. The predicted octanol–water partition coefficient (Wildman–Crippen LogP) is 2.19. The minimum Gasteiger partial charge on any atom is -0.456 e. The molecule has 3 rings (SSSR count). The molecule has 1 aromatic rings. The third kappa shape index (κ3) is 4.47. The van der Waals surface area contributed by atoms with E-state index in [1.54, 1.807) is 18.2 Å². The maximum Gasteiger partial charge on any atom is 0.325 e. The summed E-state index contributed by atoms with van der Waals surface area (Å²) in [6.45, 7) is -0.492. The molecule has 1 spiro atoms. The van der Waals surface area contributed by atoms with Gasteiger partial charge in [0.05, 0.1) is 6.42 Å². The zero-order valence-corrected chi connectivity index (χ0v) is 16.2. The molecule has 2 fully saturated rings. The lowest BCUT2D eigenvalue weighted by molar-refractivity contribution is -0.147. The summed E-state index contributed by atoms with van der Waals surface area (Å²) in [5.41, 5.74) is -0.211. The quantitative estimate of drug-likeness (QED) is 0.524. The fourth-order valence-corrected chi connectivity index (χ4v) is 3.78. The Labute approximate surface area is 164 Å². The zero-order valence-electron chi connectivity index (χ0n) is 14.6. The number of halogens is 1. The second kappa shape index (κ2) is 8.08. The van der Waals surface area contributed by atoms with Crippen LogP contribution in [0.3, 0.4) is 0 Å². The van der Waals surface area contributed by atoms with Gasteiger partial charge in [0.25, 0.3) is 11.8 Å². The highest BCUT2D eigenvalue weighted by molar-refractivity contribution is 9.10. The summed E-state index contributed by atoms with van der Waals surface area (Å²) in [5, 5.41) is 5.36. The number of benzene rings is 1. The number of amides is 4. The Bertz CT molecular complexity index is 776. The Morgan fingerprint density at radius 1 is 1.26 bits per heavy atom. The largest absolute Gasteiger partial charge is 0.456 e. The number of anilines is 1. The third-order valence-electron chi connectivity index (χ3n) is 4.72. The second-order valence-electron chi connectivity index (χ2n) is 6.65. The Morgan fingerprint density at radius 3 is 2.70 bits per heavy atom. The van der Waals surface area contributed by atoms with E-state index in [1.165, 1.54) is 0 Å². The van der Waals surface area contributed by atoms with Crippen LogP contribution in [0.25, 0.3) is 0 Å². The number of carbonyl (C=O) groups excluding carboxylic acids is 4. The number of nitrogens with zero attached hydrogens (tertiary/aromatic N) is 1. The molecule has 1 aliphatic heterocycles. The van der Waals surface area contributed by atoms with E-state index in [-0.39, 0.29) is 18.9 Å². The van der Waals surface area contributed by atoms with Crippen LogP contribution in [-0.4, -0.2) is 47.4 Å². The van der Waals surface area contributed by atoms with Crippen molar-refractivity contribution in [2.24, 2.45) is 0 Å². The lowest BCUT2D eigenvalue weighted by Crippen LogP contribution is -2.44. The monoisotopic (exact) mass is 437 g/mol. The van der Waals surface area contributed by atoms with Crippen LogP contribution in [0.2, 0.25) is 0 Å². The molecule has 144 valence electrons. The summed E-state index contributed by atoms with van der Waals surface area (Å²) in [7, 11) is 0. The van der Waals surface area contributed by atoms with Crippen LogP contribution in [0.5, 0.6) is 0 Å². The van der Waals surface area contributed by atoms with Gasteiger partial charge in [-0.3, -0.25) is 19.3 Å². The summed E-state index contributed by atoms with van der Waals surface area (Å²) in [6.07, 6.45) is 2.91. The normalized spacial score (nSPS) is 17.9. The second-order valence-corrected chi connectivity index (χ2v) is 7.56. The van der Waals surface area contributed by atoms with Gasteiger partial charge < -0.3 is 15.4 Å². The van der Waals surface area contributed by atoms with Crippen LogP contribution in [0.1, 0.15) is 32.1 Å². The zero-order chi connectivity index (χ0) is 19.4. The van der Waals surface area contributed by atoms with Gasteiger partial charge in [-0.05, 0) is 31.0 Å². The lowest BCUT2D eigenvalue weighted by atomic mass is 9.98. The van der Waals surface area contributed by atoms with Crippen molar-refractivity contribution in [2.75, 3.05) is 18.5 Å². The number of carbonyl (C=O) groups is 4. The smallest absolute Gasteiger partial charge is 0.325 e. The highest BCUT2D eigenvalue weighted by Crippen LogP contribution is 2.35. The van der Waals surface area contributed by atoms with Crippen LogP contribution in [0.4, 0.5) is 10.5 Å². The van der Waals surface area contributed by atoms with Crippen molar-refractivity contribution in [1.29, 1.82) is 0 Å². The maximum absolute atomic E-state index is 12.5. The van der Waals surface area contributed by atoms with Gasteiger partial charge >= 0.3 is 12.0 Å². The number of rotatable bonds is 6. The lowest BCUT2D eigenvalue weighted by Gasteiger charge is -2.19. The molecule has 2 aliphatic rings. The number of hydrogen-bond acceptors (Lipinski definition) is 5. The van der Waals surface area contributed by atoms with Gasteiger partial charge in [-0.25, -0.2) is 4.79 Å². The average molecular weight is 438 g/mol. The van der Waals surface area contributed by atoms with E-state index in [4.69, 9.17) is 4.74 Å². The van der Waals surface area contributed by atoms with Gasteiger partial charge in [0, 0.05) is 16.7 Å². The fourth-order valence-electron chi connectivity index (χ4n) is 3.38. The van der Waals surface area contributed by atoms with E-state index in [0.29, 0.717) is 18.5 Å². The van der Waals surface area contributed by atoms with Crippen molar-refractivity contribution in [3.8, 4) is 0 Å². The molecule has 1 saturated carbocycles. The van der Waals surface area contributed by atoms with Gasteiger partial charge in [0.2, 0.25) is 0 Å². The van der Waals surface area contributed by atoms with Crippen LogP contribution in [0, 0.1) is 0 Å². The molecule has 1 aromatic carbocycles. The van der Waals surface area contributed by atoms with Crippen molar-refractivity contribution in [3.63, 3.8) is 0 Å². The molecule has 9 heteroatoms. The van der Waals surface area contributed by atoms with Crippen molar-refractivity contribution in [1.82, 2.24) is 10.2 Å². The average Bonchev–Trinajstić information content (AvgIpc) is 3.17. The first-order chi connectivity index (χ1) is 12.9. The molecule has 2 N–H and O–H groups in total. The number of esters is 1. The number of urea groups is 1. The molecule has 0 aromatic heterocycles. The van der Waals surface area contributed by atoms with Crippen molar-refractivity contribution in [2.45, 2.75) is 37.6 Å². The highest BCUT2D eigenvalue weighted by atomic mass is 79.9. The van der Waals surface area contributed by atoms with Crippen molar-refractivity contribution >= 4 is 45.4 Å². The first-order valence-electron chi connectivity index (χ1n) is 8.75. The highest BCUT2D eigenvalue weighted by Gasteiger charge is 2.52. The van der Waals surface area contributed by atoms with E-state index in [0.717, 1.165) is 22.2 Å². The number of ether oxygens (including phenoxy) is 1. The van der Waals surface area contributed by atoms with Crippen LogP contribution < -0.4 is 10.6 Å². The molecule has 8 nitrogen and oxygen atoms in total. The van der Waals surface area contributed by atoms with Gasteiger partial charge in [0.1, 0.15) is 5.54 Å². The summed E-state index contributed by atoms with van der Waals surface area (Å²) in [5.74, 6) is -1.39. The molecule has 27 heavy (non-hydrogen) atoms. The minimum atomic E-state index is -0.787. The van der Waals surface area contributed by atoms with Crippen LogP contribution >= 0.6 is 15.9 Å². The van der Waals surface area contributed by atoms with Gasteiger partial charge in [-0.15, -0.1) is 0 Å². The minimum absolute atomic E-state index is 0.0570. The molecule has 1 heterocycles. The maximum atomic E-state index is 12.5. The summed E-state index contributed by atoms with van der Waals surface area (Å²) in [4.78, 5) is 49.3. The molecule has 1 aliphatic carbocycles. The molecule has 4 amide bonds. The number of nitrogens with one attached hydrogen (secondary N) is 2. The molecule has 1 saturated heterocycles. The van der Waals surface area contributed by atoms with E-state index in [9.17, 15) is 19.2 Å². The topological polar surface area (TPSA) is 105 Å². The van der Waals surface area contributed by atoms with E-state index in [2.05, 4.69) is 26.6 Å². The Hall–Kier alpha value is -2.42. The van der Waals surface area contributed by atoms with Gasteiger partial charge in [-0.2, -0.15) is 0 Å². The molecular weight excluding hydrogens is 418 g/mol. The standard InChI is InChI=1S/C18H20BrN3O5/c19-12-4-3-5-13(10-12)20-14(23)11-27-15(24)6-9-22-16(25)18(21-17(22)26)7-1-2-8-18/h3-5,10H,1-2,6-9,11H2,(H,20,23)(H,21,26). The predicted molar refractivity (Wildman–Crippen MR) is 99.8 cm³/mol. The first kappa shape index (κ1) is 19.3. The van der Waals surface area contributed by atoms with E-state index >= 15 is 0 Å².